The van der Waals surface area contributed by atoms with Gasteiger partial charge in [-0.2, -0.15) is 0 Å². The van der Waals surface area contributed by atoms with E-state index < -0.39 is 17.7 Å². The summed E-state index contributed by atoms with van der Waals surface area (Å²) in [6, 6.07) is 22.0. The smallest absolute Gasteiger partial charge is 0.300 e. The summed E-state index contributed by atoms with van der Waals surface area (Å²) < 4.78 is 0.773. The maximum Gasteiger partial charge on any atom is 0.300 e. The molecule has 1 atom stereocenters. The van der Waals surface area contributed by atoms with Crippen molar-refractivity contribution >= 4 is 50.7 Å². The van der Waals surface area contributed by atoms with Crippen LogP contribution in [0.2, 0.25) is 5.02 Å². The van der Waals surface area contributed by atoms with Crippen molar-refractivity contribution in [3.8, 4) is 0 Å². The van der Waals surface area contributed by atoms with Crippen LogP contribution in [-0.2, 0) is 9.59 Å². The zero-order valence-electron chi connectivity index (χ0n) is 15.0. The Labute approximate surface area is 181 Å². The summed E-state index contributed by atoms with van der Waals surface area (Å²) in [6.45, 7) is 0. The zero-order chi connectivity index (χ0) is 20.5. The van der Waals surface area contributed by atoms with E-state index in [-0.39, 0.29) is 11.3 Å². The predicted molar refractivity (Wildman–Crippen MR) is 117 cm³/mol. The van der Waals surface area contributed by atoms with E-state index in [2.05, 4.69) is 15.9 Å². The molecule has 0 saturated carbocycles. The molecule has 144 valence electrons. The zero-order valence-corrected chi connectivity index (χ0v) is 17.4. The number of carbonyl (C=O) groups excluding carboxylic acids is 2. The first kappa shape index (κ1) is 19.4. The van der Waals surface area contributed by atoms with Gasteiger partial charge in [0.15, 0.2) is 0 Å². The molecule has 1 heterocycles. The lowest BCUT2D eigenvalue weighted by Gasteiger charge is -2.25. The fourth-order valence-electron chi connectivity index (χ4n) is 3.44. The van der Waals surface area contributed by atoms with Crippen LogP contribution >= 0.6 is 27.5 Å². The first-order chi connectivity index (χ1) is 14.0. The number of Topliss-reactive ketones (excluding diaryl/α,β-unsaturated/α-hetero) is 1. The largest absolute Gasteiger partial charge is 0.507 e. The Morgan fingerprint density at radius 2 is 1.62 bits per heavy atom. The molecule has 0 unspecified atom stereocenters. The molecule has 1 aliphatic heterocycles. The number of benzene rings is 3. The number of rotatable bonds is 3. The number of amides is 1. The van der Waals surface area contributed by atoms with Gasteiger partial charge in [-0.25, -0.2) is 0 Å². The number of aliphatic hydroxyl groups is 1. The Morgan fingerprint density at radius 3 is 2.28 bits per heavy atom. The van der Waals surface area contributed by atoms with Gasteiger partial charge in [0.2, 0.25) is 0 Å². The highest BCUT2D eigenvalue weighted by atomic mass is 79.9. The molecule has 1 N–H and O–H groups in total. The van der Waals surface area contributed by atoms with Crippen LogP contribution in [0.25, 0.3) is 5.76 Å². The van der Waals surface area contributed by atoms with E-state index in [0.29, 0.717) is 21.8 Å². The Kier molecular flexibility index (Phi) is 5.26. The monoisotopic (exact) mass is 467 g/mol. The summed E-state index contributed by atoms with van der Waals surface area (Å²) in [5, 5.41) is 11.5. The first-order valence-corrected chi connectivity index (χ1v) is 10.0. The van der Waals surface area contributed by atoms with Crippen molar-refractivity contribution in [1.82, 2.24) is 0 Å². The topological polar surface area (TPSA) is 57.6 Å². The second kappa shape index (κ2) is 7.85. The van der Waals surface area contributed by atoms with Gasteiger partial charge in [0.05, 0.1) is 11.6 Å². The van der Waals surface area contributed by atoms with Gasteiger partial charge < -0.3 is 5.11 Å². The lowest BCUT2D eigenvalue weighted by molar-refractivity contribution is -0.132. The molecule has 0 aromatic heterocycles. The molecular formula is C23H15BrClNO3. The van der Waals surface area contributed by atoms with Gasteiger partial charge in [-0.1, -0.05) is 76.1 Å². The van der Waals surface area contributed by atoms with Crippen molar-refractivity contribution in [1.29, 1.82) is 0 Å². The van der Waals surface area contributed by atoms with E-state index >= 15 is 0 Å². The van der Waals surface area contributed by atoms with Gasteiger partial charge in [0.1, 0.15) is 5.76 Å². The van der Waals surface area contributed by atoms with Crippen molar-refractivity contribution in [2.24, 2.45) is 0 Å². The summed E-state index contributed by atoms with van der Waals surface area (Å²) in [5.41, 5.74) is 1.74. The fraction of sp³-hybridized carbons (Fsp3) is 0.0435. The Balaban J connectivity index is 1.96. The minimum absolute atomic E-state index is 0.0449. The molecule has 0 bridgehead atoms. The lowest BCUT2D eigenvalue weighted by atomic mass is 9.95. The van der Waals surface area contributed by atoms with Crippen LogP contribution < -0.4 is 4.90 Å². The van der Waals surface area contributed by atoms with Gasteiger partial charge in [0, 0.05) is 20.7 Å². The van der Waals surface area contributed by atoms with Crippen LogP contribution in [0.4, 0.5) is 5.69 Å². The van der Waals surface area contributed by atoms with Gasteiger partial charge in [-0.3, -0.25) is 14.5 Å². The Morgan fingerprint density at radius 1 is 0.931 bits per heavy atom. The Bertz CT molecular complexity index is 1130. The number of carbonyl (C=O) groups is 2. The normalized spacial score (nSPS) is 18.3. The number of anilines is 1. The van der Waals surface area contributed by atoms with Crippen molar-refractivity contribution < 1.29 is 14.7 Å². The second-order valence-electron chi connectivity index (χ2n) is 6.57. The van der Waals surface area contributed by atoms with Crippen molar-refractivity contribution in [3.63, 3.8) is 0 Å². The molecule has 6 heteroatoms. The van der Waals surface area contributed by atoms with E-state index in [4.69, 9.17) is 11.6 Å². The minimum Gasteiger partial charge on any atom is -0.507 e. The van der Waals surface area contributed by atoms with E-state index in [0.717, 1.165) is 4.47 Å². The highest BCUT2D eigenvalue weighted by molar-refractivity contribution is 9.10. The quantitative estimate of drug-likeness (QED) is 0.303. The molecule has 0 aliphatic carbocycles. The third-order valence-corrected chi connectivity index (χ3v) is 5.51. The van der Waals surface area contributed by atoms with Crippen LogP contribution in [0.15, 0.2) is 88.9 Å². The molecule has 1 saturated heterocycles. The average molecular weight is 469 g/mol. The van der Waals surface area contributed by atoms with E-state index in [9.17, 15) is 14.7 Å². The summed E-state index contributed by atoms with van der Waals surface area (Å²) in [6.07, 6.45) is 0. The Hall–Kier alpha value is -2.89. The molecule has 0 radical (unpaired) electrons. The number of nitrogens with zero attached hydrogens (tertiary/aromatic N) is 1. The van der Waals surface area contributed by atoms with Crippen molar-refractivity contribution in [3.05, 3.63) is 105 Å². The molecule has 4 rings (SSSR count). The standard InChI is InChI=1S/C23H15BrClNO3/c24-16-7-4-8-18(13-16)26-20(14-9-11-17(25)12-10-14)19(22(28)23(26)29)21(27)15-5-2-1-3-6-15/h1-13,20,27H/t20-/m1/s1. The molecule has 3 aromatic carbocycles. The van der Waals surface area contributed by atoms with Crippen LogP contribution in [0.1, 0.15) is 17.2 Å². The van der Waals surface area contributed by atoms with Crippen LogP contribution in [0, 0.1) is 0 Å². The molecule has 0 spiro atoms. The summed E-state index contributed by atoms with van der Waals surface area (Å²) in [7, 11) is 0. The molecule has 1 fully saturated rings. The summed E-state index contributed by atoms with van der Waals surface area (Å²) in [4.78, 5) is 27.4. The highest BCUT2D eigenvalue weighted by Crippen LogP contribution is 2.42. The van der Waals surface area contributed by atoms with Crippen LogP contribution in [0.3, 0.4) is 0 Å². The third kappa shape index (κ3) is 3.59. The molecule has 1 amide bonds. The van der Waals surface area contributed by atoms with Gasteiger partial charge in [-0.15, -0.1) is 0 Å². The van der Waals surface area contributed by atoms with Gasteiger partial charge in [0.25, 0.3) is 11.7 Å². The maximum atomic E-state index is 13.0. The number of ketones is 1. The molecule has 29 heavy (non-hydrogen) atoms. The number of aliphatic hydroxyl groups excluding tert-OH is 1. The first-order valence-electron chi connectivity index (χ1n) is 8.85. The second-order valence-corrected chi connectivity index (χ2v) is 7.92. The lowest BCUT2D eigenvalue weighted by Crippen LogP contribution is -2.29. The fourth-order valence-corrected chi connectivity index (χ4v) is 3.95. The van der Waals surface area contributed by atoms with Gasteiger partial charge in [-0.05, 0) is 35.9 Å². The summed E-state index contributed by atoms with van der Waals surface area (Å²) >= 11 is 9.44. The van der Waals surface area contributed by atoms with Crippen LogP contribution in [0.5, 0.6) is 0 Å². The van der Waals surface area contributed by atoms with Crippen molar-refractivity contribution in [2.45, 2.75) is 6.04 Å². The molecular weight excluding hydrogens is 454 g/mol. The third-order valence-electron chi connectivity index (χ3n) is 4.76. The van der Waals surface area contributed by atoms with Crippen molar-refractivity contribution in [2.75, 3.05) is 4.90 Å². The number of hydrogen-bond donors (Lipinski definition) is 1. The SMILES string of the molecule is O=C1C(=O)N(c2cccc(Br)c2)[C@H](c2ccc(Cl)cc2)C1=C(O)c1ccccc1. The van der Waals surface area contributed by atoms with Gasteiger partial charge >= 0.3 is 0 Å². The maximum absolute atomic E-state index is 13.0. The molecule has 1 aliphatic rings. The summed E-state index contributed by atoms with van der Waals surface area (Å²) in [5.74, 6) is -1.63. The molecule has 3 aromatic rings. The highest BCUT2D eigenvalue weighted by Gasteiger charge is 2.46. The minimum atomic E-state index is -0.776. The number of halogens is 2. The van der Waals surface area contributed by atoms with Crippen LogP contribution in [-0.4, -0.2) is 16.8 Å². The molecule has 4 nitrogen and oxygen atoms in total. The average Bonchev–Trinajstić information content (AvgIpc) is 2.99. The predicted octanol–water partition coefficient (Wildman–Crippen LogP) is 5.73. The van der Waals surface area contributed by atoms with E-state index in [1.165, 1.54) is 4.90 Å². The van der Waals surface area contributed by atoms with E-state index in [1.54, 1.807) is 66.7 Å². The van der Waals surface area contributed by atoms with E-state index in [1.807, 2.05) is 12.1 Å². The number of hydrogen-bond acceptors (Lipinski definition) is 3.